The molecular weight excluding hydrogens is 292 g/mol. The summed E-state index contributed by atoms with van der Waals surface area (Å²) in [6.07, 6.45) is 3.10. The minimum absolute atomic E-state index is 0.229. The number of hydrogen-bond donors (Lipinski definition) is 2. The molecule has 23 heavy (non-hydrogen) atoms. The van der Waals surface area contributed by atoms with Crippen LogP contribution < -0.4 is 5.32 Å². The van der Waals surface area contributed by atoms with Crippen LogP contribution in [0, 0.1) is 0 Å². The number of pyridine rings is 1. The van der Waals surface area contributed by atoms with Crippen LogP contribution in [-0.2, 0) is 0 Å². The Hall–Kier alpha value is -3.41. The third kappa shape index (κ3) is 2.46. The molecule has 0 aliphatic rings. The number of anilines is 1. The van der Waals surface area contributed by atoms with Gasteiger partial charge in [0.1, 0.15) is 12.0 Å². The van der Waals surface area contributed by atoms with Gasteiger partial charge >= 0.3 is 0 Å². The van der Waals surface area contributed by atoms with Crippen LogP contribution in [0.5, 0.6) is 0 Å². The quantitative estimate of drug-likeness (QED) is 0.607. The maximum atomic E-state index is 12.3. The number of carbonyl (C=O) groups excluding carboxylic acids is 1. The summed E-state index contributed by atoms with van der Waals surface area (Å²) in [5.74, 6) is 0.312. The van der Waals surface area contributed by atoms with Crippen LogP contribution in [0.4, 0.5) is 5.69 Å². The summed E-state index contributed by atoms with van der Waals surface area (Å²) >= 11 is 0. The van der Waals surface area contributed by atoms with E-state index in [0.717, 1.165) is 11.1 Å². The van der Waals surface area contributed by atoms with Gasteiger partial charge in [0.05, 0.1) is 5.56 Å². The highest BCUT2D eigenvalue weighted by Crippen LogP contribution is 2.27. The first-order valence-electron chi connectivity index (χ1n) is 7.06. The maximum absolute atomic E-state index is 12.3. The number of amides is 1. The number of carbonyl (C=O) groups is 1. The molecule has 4 aromatic rings. The van der Waals surface area contributed by atoms with Crippen molar-refractivity contribution in [1.82, 2.24) is 15.2 Å². The minimum Gasteiger partial charge on any atom is -0.462 e. The molecule has 4 rings (SSSR count). The molecular formula is C17H12N4O2. The van der Waals surface area contributed by atoms with Gasteiger partial charge in [-0.2, -0.15) is 5.10 Å². The zero-order valence-corrected chi connectivity index (χ0v) is 12.0. The molecule has 3 aromatic heterocycles. The van der Waals surface area contributed by atoms with Crippen molar-refractivity contribution in [3.63, 3.8) is 0 Å². The number of aromatic amines is 1. The highest BCUT2D eigenvalue weighted by atomic mass is 16.3. The zero-order chi connectivity index (χ0) is 15.6. The predicted octanol–water partition coefficient (Wildman–Crippen LogP) is 3.47. The molecule has 0 spiro atoms. The van der Waals surface area contributed by atoms with E-state index >= 15 is 0 Å². The Balaban J connectivity index is 1.63. The van der Waals surface area contributed by atoms with Gasteiger partial charge in [0.25, 0.3) is 5.91 Å². The van der Waals surface area contributed by atoms with Crippen LogP contribution in [0.2, 0.25) is 0 Å². The van der Waals surface area contributed by atoms with Crippen molar-refractivity contribution in [1.29, 1.82) is 0 Å². The van der Waals surface area contributed by atoms with E-state index in [1.165, 1.54) is 6.26 Å². The number of nitrogens with one attached hydrogen (secondary N) is 2. The molecule has 0 atom stereocenters. The van der Waals surface area contributed by atoms with Gasteiger partial charge in [0.2, 0.25) is 0 Å². The smallest absolute Gasteiger partial charge is 0.258 e. The summed E-state index contributed by atoms with van der Waals surface area (Å²) in [5, 5.41) is 10.7. The molecule has 0 fully saturated rings. The summed E-state index contributed by atoms with van der Waals surface area (Å²) in [6, 6.07) is 14.7. The zero-order valence-electron chi connectivity index (χ0n) is 12.0. The van der Waals surface area contributed by atoms with Crippen molar-refractivity contribution in [2.24, 2.45) is 0 Å². The Morgan fingerprint density at radius 3 is 2.87 bits per heavy atom. The molecule has 2 N–H and O–H groups in total. The fourth-order valence-electron chi connectivity index (χ4n) is 2.35. The SMILES string of the molecule is O=C(Nc1ccccc1)c1coc(-c2[nH]nc3ncccc23)c1. The minimum atomic E-state index is -0.229. The summed E-state index contributed by atoms with van der Waals surface area (Å²) in [6.45, 7) is 0. The van der Waals surface area contributed by atoms with E-state index < -0.39 is 0 Å². The van der Waals surface area contributed by atoms with Crippen molar-refractivity contribution in [2.45, 2.75) is 0 Å². The number of hydrogen-bond acceptors (Lipinski definition) is 4. The number of fused-ring (bicyclic) bond motifs is 1. The third-order valence-electron chi connectivity index (χ3n) is 3.47. The van der Waals surface area contributed by atoms with Gasteiger partial charge in [0, 0.05) is 17.3 Å². The van der Waals surface area contributed by atoms with Gasteiger partial charge in [-0.1, -0.05) is 18.2 Å². The van der Waals surface area contributed by atoms with Gasteiger partial charge in [-0.15, -0.1) is 0 Å². The lowest BCUT2D eigenvalue weighted by Crippen LogP contribution is -2.10. The van der Waals surface area contributed by atoms with Gasteiger partial charge in [-0.25, -0.2) is 4.98 Å². The van der Waals surface area contributed by atoms with E-state index in [-0.39, 0.29) is 5.91 Å². The lowest BCUT2D eigenvalue weighted by Gasteiger charge is -2.01. The fourth-order valence-corrected chi connectivity index (χ4v) is 2.35. The van der Waals surface area contributed by atoms with Gasteiger partial charge < -0.3 is 9.73 Å². The number of benzene rings is 1. The van der Waals surface area contributed by atoms with Gasteiger partial charge in [0.15, 0.2) is 11.4 Å². The second kappa shape index (κ2) is 5.42. The van der Waals surface area contributed by atoms with Crippen molar-refractivity contribution < 1.29 is 9.21 Å². The Morgan fingerprint density at radius 2 is 2.00 bits per heavy atom. The molecule has 1 amide bonds. The Labute approximate surface area is 131 Å². The Kier molecular flexibility index (Phi) is 3.12. The van der Waals surface area contributed by atoms with Crippen LogP contribution in [-0.4, -0.2) is 21.1 Å². The normalized spacial score (nSPS) is 10.8. The standard InChI is InChI=1S/C17H12N4O2/c22-17(19-12-5-2-1-3-6-12)11-9-14(23-10-11)15-13-7-4-8-18-16(13)21-20-15/h1-10H,(H,19,22)(H,18,20,21). The number of aromatic nitrogens is 3. The van der Waals surface area contributed by atoms with Crippen molar-refractivity contribution in [3.05, 3.63) is 66.6 Å². The second-order valence-corrected chi connectivity index (χ2v) is 4.99. The largest absolute Gasteiger partial charge is 0.462 e. The third-order valence-corrected chi connectivity index (χ3v) is 3.47. The number of H-pyrrole nitrogens is 1. The molecule has 0 radical (unpaired) electrons. The number of para-hydroxylation sites is 1. The maximum Gasteiger partial charge on any atom is 0.258 e. The van der Waals surface area contributed by atoms with Crippen LogP contribution >= 0.6 is 0 Å². The van der Waals surface area contributed by atoms with E-state index in [1.54, 1.807) is 12.3 Å². The Bertz CT molecular complexity index is 972. The summed E-state index contributed by atoms with van der Waals surface area (Å²) in [5.41, 5.74) is 2.48. The number of furan rings is 1. The predicted molar refractivity (Wildman–Crippen MR) is 86.0 cm³/mol. The van der Waals surface area contributed by atoms with Crippen molar-refractivity contribution in [3.8, 4) is 11.5 Å². The molecule has 0 aliphatic carbocycles. The Morgan fingerprint density at radius 1 is 1.13 bits per heavy atom. The highest BCUT2D eigenvalue weighted by Gasteiger charge is 2.15. The lowest BCUT2D eigenvalue weighted by molar-refractivity contribution is 0.102. The molecule has 112 valence electrons. The van der Waals surface area contributed by atoms with Crippen molar-refractivity contribution >= 4 is 22.6 Å². The fraction of sp³-hybridized carbons (Fsp3) is 0. The number of nitrogens with zero attached hydrogens (tertiary/aromatic N) is 2. The van der Waals surface area contributed by atoms with E-state index in [1.807, 2.05) is 42.5 Å². The van der Waals surface area contributed by atoms with Crippen LogP contribution in [0.3, 0.4) is 0 Å². The molecule has 0 bridgehead atoms. The molecule has 0 aliphatic heterocycles. The molecule has 0 saturated carbocycles. The van der Waals surface area contributed by atoms with E-state index in [4.69, 9.17) is 4.42 Å². The van der Waals surface area contributed by atoms with Gasteiger partial charge in [-0.05, 0) is 30.3 Å². The van der Waals surface area contributed by atoms with E-state index in [0.29, 0.717) is 22.7 Å². The van der Waals surface area contributed by atoms with Crippen LogP contribution in [0.15, 0.2) is 65.4 Å². The molecule has 3 heterocycles. The molecule has 0 saturated heterocycles. The van der Waals surface area contributed by atoms with Crippen molar-refractivity contribution in [2.75, 3.05) is 5.32 Å². The second-order valence-electron chi connectivity index (χ2n) is 4.99. The van der Waals surface area contributed by atoms with Gasteiger partial charge in [-0.3, -0.25) is 9.89 Å². The number of rotatable bonds is 3. The first kappa shape index (κ1) is 13.3. The lowest BCUT2D eigenvalue weighted by atomic mass is 10.2. The monoisotopic (exact) mass is 304 g/mol. The first-order chi connectivity index (χ1) is 11.3. The van der Waals surface area contributed by atoms with Crippen LogP contribution in [0.25, 0.3) is 22.5 Å². The molecule has 6 nitrogen and oxygen atoms in total. The summed E-state index contributed by atoms with van der Waals surface area (Å²) < 4.78 is 5.52. The topological polar surface area (TPSA) is 83.8 Å². The van der Waals surface area contributed by atoms with Crippen LogP contribution in [0.1, 0.15) is 10.4 Å². The summed E-state index contributed by atoms with van der Waals surface area (Å²) in [7, 11) is 0. The van der Waals surface area contributed by atoms with E-state index in [9.17, 15) is 4.79 Å². The molecule has 6 heteroatoms. The first-order valence-corrected chi connectivity index (χ1v) is 7.06. The summed E-state index contributed by atoms with van der Waals surface area (Å²) in [4.78, 5) is 16.4. The molecule has 0 unspecified atom stereocenters. The van der Waals surface area contributed by atoms with E-state index in [2.05, 4.69) is 20.5 Å². The average Bonchev–Trinajstić information content (AvgIpc) is 3.22. The average molecular weight is 304 g/mol. The molecule has 1 aromatic carbocycles. The highest BCUT2D eigenvalue weighted by molar-refractivity contribution is 6.05.